The largest absolute Gasteiger partial charge is 0.384 e. The van der Waals surface area contributed by atoms with Crippen LogP contribution < -0.4 is 0 Å². The first-order valence-electron chi connectivity index (χ1n) is 10.1. The summed E-state index contributed by atoms with van der Waals surface area (Å²) in [6.45, 7) is 16.6. The molecule has 24 heavy (non-hydrogen) atoms. The standard InChI is InChI=1S/C16H28N2O2.2C2H6/c1-13(19)14-9-15(10-14)18-7-5-17(6-8-18)11-16(3-4-16)12-20-2;2*1-2/h14-15H,3-12H2,1-2H3;2*1-2H3. The molecule has 0 bridgehead atoms. The zero-order chi connectivity index (χ0) is 18.2. The van der Waals surface area contributed by atoms with Crippen molar-refractivity contribution in [2.45, 2.75) is 66.3 Å². The van der Waals surface area contributed by atoms with Gasteiger partial charge in [-0.3, -0.25) is 9.69 Å². The van der Waals surface area contributed by atoms with Gasteiger partial charge in [0.25, 0.3) is 0 Å². The van der Waals surface area contributed by atoms with Crippen LogP contribution in [-0.2, 0) is 9.53 Å². The van der Waals surface area contributed by atoms with Crippen molar-refractivity contribution < 1.29 is 9.53 Å². The summed E-state index contributed by atoms with van der Waals surface area (Å²) in [5.74, 6) is 0.740. The van der Waals surface area contributed by atoms with Crippen LogP contribution in [0.1, 0.15) is 60.3 Å². The average molecular weight is 341 g/mol. The first-order chi connectivity index (χ1) is 11.6. The molecule has 0 aromatic carbocycles. The third-order valence-corrected chi connectivity index (χ3v) is 5.58. The van der Waals surface area contributed by atoms with Crippen molar-refractivity contribution in [3.05, 3.63) is 0 Å². The molecule has 3 fully saturated rings. The topological polar surface area (TPSA) is 32.8 Å². The number of nitrogens with zero attached hydrogens (tertiary/aromatic N) is 2. The molecule has 0 unspecified atom stereocenters. The Morgan fingerprint density at radius 3 is 2.00 bits per heavy atom. The summed E-state index contributed by atoms with van der Waals surface area (Å²) in [5, 5.41) is 0. The summed E-state index contributed by atoms with van der Waals surface area (Å²) >= 11 is 0. The van der Waals surface area contributed by atoms with E-state index in [1.807, 2.05) is 34.8 Å². The van der Waals surface area contributed by atoms with Crippen molar-refractivity contribution in [3.8, 4) is 0 Å². The van der Waals surface area contributed by atoms with Gasteiger partial charge in [0.1, 0.15) is 5.78 Å². The van der Waals surface area contributed by atoms with E-state index < -0.39 is 0 Å². The molecule has 2 aliphatic carbocycles. The highest BCUT2D eigenvalue weighted by atomic mass is 16.5. The van der Waals surface area contributed by atoms with Gasteiger partial charge in [-0.25, -0.2) is 0 Å². The zero-order valence-corrected chi connectivity index (χ0v) is 16.9. The Balaban J connectivity index is 0.000000671. The van der Waals surface area contributed by atoms with Crippen molar-refractivity contribution in [1.82, 2.24) is 9.80 Å². The maximum absolute atomic E-state index is 11.3. The normalized spacial score (nSPS) is 28.6. The molecule has 1 aliphatic heterocycles. The number of rotatable bonds is 6. The zero-order valence-electron chi connectivity index (χ0n) is 16.9. The molecule has 0 N–H and O–H groups in total. The molecular formula is C20H40N2O2. The number of piperazine rings is 1. The van der Waals surface area contributed by atoms with E-state index in [0.29, 0.717) is 23.2 Å². The summed E-state index contributed by atoms with van der Waals surface area (Å²) in [7, 11) is 1.82. The number of hydrogen-bond acceptors (Lipinski definition) is 4. The number of ketones is 1. The predicted molar refractivity (Wildman–Crippen MR) is 101 cm³/mol. The molecule has 0 amide bonds. The number of Topliss-reactive ketones (excluding diaryl/α,β-unsaturated/α-hetero) is 1. The van der Waals surface area contributed by atoms with Crippen LogP contribution in [0.5, 0.6) is 0 Å². The van der Waals surface area contributed by atoms with Crippen LogP contribution >= 0.6 is 0 Å². The highest BCUT2D eigenvalue weighted by Crippen LogP contribution is 2.46. The summed E-state index contributed by atoms with van der Waals surface area (Å²) < 4.78 is 5.36. The Labute approximate surface area is 149 Å². The second kappa shape index (κ2) is 10.5. The third kappa shape index (κ3) is 5.82. The fraction of sp³-hybridized carbons (Fsp3) is 0.950. The Hall–Kier alpha value is -0.450. The molecule has 3 rings (SSSR count). The van der Waals surface area contributed by atoms with Crippen LogP contribution in [0.15, 0.2) is 0 Å². The van der Waals surface area contributed by atoms with Gasteiger partial charge >= 0.3 is 0 Å². The lowest BCUT2D eigenvalue weighted by molar-refractivity contribution is -0.125. The molecule has 2 saturated carbocycles. The van der Waals surface area contributed by atoms with E-state index in [1.165, 1.54) is 45.6 Å². The van der Waals surface area contributed by atoms with Gasteiger partial charge in [-0.15, -0.1) is 0 Å². The van der Waals surface area contributed by atoms with Crippen LogP contribution in [-0.4, -0.2) is 68.1 Å². The molecule has 1 heterocycles. The van der Waals surface area contributed by atoms with Gasteiger partial charge in [0, 0.05) is 57.2 Å². The van der Waals surface area contributed by atoms with Gasteiger partial charge < -0.3 is 9.64 Å². The molecule has 0 radical (unpaired) electrons. The van der Waals surface area contributed by atoms with Crippen LogP contribution in [0.3, 0.4) is 0 Å². The fourth-order valence-corrected chi connectivity index (χ4v) is 3.81. The minimum absolute atomic E-state index is 0.356. The highest BCUT2D eigenvalue weighted by molar-refractivity contribution is 5.79. The molecule has 0 atom stereocenters. The molecule has 0 aromatic rings. The number of ether oxygens (including phenoxy) is 1. The van der Waals surface area contributed by atoms with Gasteiger partial charge in [-0.05, 0) is 32.6 Å². The van der Waals surface area contributed by atoms with Crippen molar-refractivity contribution in [2.75, 3.05) is 46.4 Å². The summed E-state index contributed by atoms with van der Waals surface area (Å²) in [6.07, 6.45) is 4.87. The van der Waals surface area contributed by atoms with Crippen molar-refractivity contribution in [3.63, 3.8) is 0 Å². The van der Waals surface area contributed by atoms with Gasteiger partial charge in [-0.1, -0.05) is 27.7 Å². The minimum atomic E-state index is 0.356. The van der Waals surface area contributed by atoms with E-state index in [0.717, 1.165) is 19.4 Å². The maximum Gasteiger partial charge on any atom is 0.133 e. The molecule has 142 valence electrons. The smallest absolute Gasteiger partial charge is 0.133 e. The van der Waals surface area contributed by atoms with E-state index in [4.69, 9.17) is 4.74 Å². The van der Waals surface area contributed by atoms with E-state index in [9.17, 15) is 4.79 Å². The van der Waals surface area contributed by atoms with Gasteiger partial charge in [0.15, 0.2) is 0 Å². The second-order valence-electron chi connectivity index (χ2n) is 7.18. The Morgan fingerprint density at radius 2 is 1.58 bits per heavy atom. The molecule has 0 aromatic heterocycles. The van der Waals surface area contributed by atoms with Crippen molar-refractivity contribution >= 4 is 5.78 Å². The van der Waals surface area contributed by atoms with Gasteiger partial charge in [0.2, 0.25) is 0 Å². The van der Waals surface area contributed by atoms with Gasteiger partial charge in [-0.2, -0.15) is 0 Å². The van der Waals surface area contributed by atoms with E-state index in [2.05, 4.69) is 9.80 Å². The number of methoxy groups -OCH3 is 1. The number of hydrogen-bond donors (Lipinski definition) is 0. The molecule has 0 spiro atoms. The average Bonchev–Trinajstić information content (AvgIpc) is 3.31. The first kappa shape index (κ1) is 21.6. The maximum atomic E-state index is 11.3. The minimum Gasteiger partial charge on any atom is -0.384 e. The van der Waals surface area contributed by atoms with Crippen molar-refractivity contribution in [2.24, 2.45) is 11.3 Å². The molecular weight excluding hydrogens is 300 g/mol. The number of carbonyl (C=O) groups is 1. The van der Waals surface area contributed by atoms with E-state index in [-0.39, 0.29) is 0 Å². The second-order valence-corrected chi connectivity index (χ2v) is 7.18. The van der Waals surface area contributed by atoms with E-state index >= 15 is 0 Å². The molecule has 1 saturated heterocycles. The summed E-state index contributed by atoms with van der Waals surface area (Å²) in [6, 6.07) is 0.680. The number of carbonyl (C=O) groups excluding carboxylic acids is 1. The Bertz CT molecular complexity index is 355. The molecule has 4 heteroatoms. The van der Waals surface area contributed by atoms with Gasteiger partial charge in [0.05, 0.1) is 6.61 Å². The van der Waals surface area contributed by atoms with Crippen molar-refractivity contribution in [1.29, 1.82) is 0 Å². The summed E-state index contributed by atoms with van der Waals surface area (Å²) in [4.78, 5) is 16.5. The fourth-order valence-electron chi connectivity index (χ4n) is 3.81. The third-order valence-electron chi connectivity index (χ3n) is 5.58. The van der Waals surface area contributed by atoms with Crippen LogP contribution in [0, 0.1) is 11.3 Å². The summed E-state index contributed by atoms with van der Waals surface area (Å²) in [5.41, 5.74) is 0.479. The molecule has 4 nitrogen and oxygen atoms in total. The SMILES string of the molecule is CC.CC.COCC1(CN2CCN(C3CC(C(C)=O)C3)CC2)CC1. The monoisotopic (exact) mass is 340 g/mol. The highest BCUT2D eigenvalue weighted by Gasteiger charge is 2.44. The lowest BCUT2D eigenvalue weighted by atomic mass is 9.77. The quantitative estimate of drug-likeness (QED) is 0.741. The van der Waals surface area contributed by atoms with Crippen LogP contribution in [0.4, 0.5) is 0 Å². The Kier molecular flexibility index (Phi) is 9.47. The predicted octanol–water partition coefficient (Wildman–Crippen LogP) is 3.45. The Morgan fingerprint density at radius 1 is 1.04 bits per heavy atom. The van der Waals surface area contributed by atoms with Crippen LogP contribution in [0.25, 0.3) is 0 Å². The lowest BCUT2D eigenvalue weighted by Gasteiger charge is -2.46. The van der Waals surface area contributed by atoms with Crippen LogP contribution in [0.2, 0.25) is 0 Å². The first-order valence-corrected chi connectivity index (χ1v) is 10.1. The van der Waals surface area contributed by atoms with E-state index in [1.54, 1.807) is 6.92 Å². The lowest BCUT2D eigenvalue weighted by Crippen LogP contribution is -2.55. The molecule has 3 aliphatic rings.